The number of hydrogen-bond donors (Lipinski definition) is 2. The van der Waals surface area contributed by atoms with E-state index in [9.17, 15) is 0 Å². The van der Waals surface area contributed by atoms with Gasteiger partial charge in [-0.2, -0.15) is 5.10 Å². The van der Waals surface area contributed by atoms with Crippen LogP contribution in [-0.2, 0) is 0 Å². The van der Waals surface area contributed by atoms with Crippen LogP contribution in [0, 0.1) is 0 Å². The van der Waals surface area contributed by atoms with Gasteiger partial charge in [0.2, 0.25) is 5.95 Å². The second-order valence-corrected chi connectivity index (χ2v) is 10.9. The standard InChI is InChI=1S/C29H34N6OS/c1-36-23-13-11-19(12-14-23)28-27(24-15-16-30-29(33-24)32-21-9-5-6-10-21)25-17-22(31-20-7-3-4-8-20)18-26(37-2)35(25)34-28/h11-18,20-21,31H,3-10H2,1-2H3,(H,30,32,33). The largest absolute Gasteiger partial charge is 0.497 e. The van der Waals surface area contributed by atoms with Crippen LogP contribution in [0.2, 0.25) is 0 Å². The van der Waals surface area contributed by atoms with Crippen molar-refractivity contribution in [3.05, 3.63) is 48.7 Å². The summed E-state index contributed by atoms with van der Waals surface area (Å²) in [6.45, 7) is 0. The average Bonchev–Trinajstić information content (AvgIpc) is 3.70. The van der Waals surface area contributed by atoms with Crippen molar-refractivity contribution in [1.82, 2.24) is 19.6 Å². The van der Waals surface area contributed by atoms with Gasteiger partial charge in [0.15, 0.2) is 0 Å². The quantitative estimate of drug-likeness (QED) is 0.248. The maximum Gasteiger partial charge on any atom is 0.223 e. The molecule has 2 aliphatic rings. The lowest BCUT2D eigenvalue weighted by Crippen LogP contribution is -2.16. The van der Waals surface area contributed by atoms with Crippen LogP contribution in [0.3, 0.4) is 0 Å². The van der Waals surface area contributed by atoms with Crippen LogP contribution in [-0.4, -0.2) is 45.0 Å². The Labute approximate surface area is 222 Å². The van der Waals surface area contributed by atoms with Gasteiger partial charge in [-0.15, -0.1) is 11.8 Å². The lowest BCUT2D eigenvalue weighted by atomic mass is 10.0. The Morgan fingerprint density at radius 1 is 0.919 bits per heavy atom. The molecular formula is C29H34N6OS. The smallest absolute Gasteiger partial charge is 0.223 e. The molecule has 2 aliphatic carbocycles. The summed E-state index contributed by atoms with van der Waals surface area (Å²) in [7, 11) is 1.69. The number of ether oxygens (including phenoxy) is 1. The van der Waals surface area contributed by atoms with Crippen molar-refractivity contribution >= 4 is 28.9 Å². The molecule has 192 valence electrons. The zero-order chi connectivity index (χ0) is 25.2. The van der Waals surface area contributed by atoms with Crippen molar-refractivity contribution in [3.63, 3.8) is 0 Å². The fraction of sp³-hybridized carbons (Fsp3) is 0.414. The Balaban J connectivity index is 1.50. The molecule has 2 fully saturated rings. The van der Waals surface area contributed by atoms with Crippen molar-refractivity contribution in [2.45, 2.75) is 68.5 Å². The molecule has 3 aromatic heterocycles. The minimum absolute atomic E-state index is 0.450. The summed E-state index contributed by atoms with van der Waals surface area (Å²) in [4.78, 5) is 9.56. The van der Waals surface area contributed by atoms with E-state index in [1.54, 1.807) is 18.9 Å². The minimum atomic E-state index is 0.450. The summed E-state index contributed by atoms with van der Waals surface area (Å²) < 4.78 is 7.47. The van der Waals surface area contributed by atoms with Crippen molar-refractivity contribution in [1.29, 1.82) is 0 Å². The van der Waals surface area contributed by atoms with E-state index in [2.05, 4.69) is 50.7 Å². The highest BCUT2D eigenvalue weighted by Crippen LogP contribution is 2.38. The third kappa shape index (κ3) is 4.99. The van der Waals surface area contributed by atoms with Crippen LogP contribution >= 0.6 is 11.8 Å². The normalized spacial score (nSPS) is 16.5. The summed E-state index contributed by atoms with van der Waals surface area (Å²) in [5, 5.41) is 13.6. The highest BCUT2D eigenvalue weighted by Gasteiger charge is 2.23. The molecule has 2 saturated carbocycles. The number of rotatable bonds is 8. The van der Waals surface area contributed by atoms with Gasteiger partial charge < -0.3 is 15.4 Å². The average molecular weight is 515 g/mol. The molecule has 4 aromatic rings. The molecule has 7 nitrogen and oxygen atoms in total. The molecule has 2 N–H and O–H groups in total. The first-order valence-corrected chi connectivity index (χ1v) is 14.6. The number of nitrogens with one attached hydrogen (secondary N) is 2. The lowest BCUT2D eigenvalue weighted by molar-refractivity contribution is 0.415. The fourth-order valence-corrected chi connectivity index (χ4v) is 6.23. The first-order valence-electron chi connectivity index (χ1n) is 13.3. The Bertz CT molecular complexity index is 1370. The Kier molecular flexibility index (Phi) is 6.91. The molecule has 0 amide bonds. The molecule has 0 bridgehead atoms. The van der Waals surface area contributed by atoms with Gasteiger partial charge in [-0.1, -0.05) is 25.7 Å². The number of fused-ring (bicyclic) bond motifs is 1. The van der Waals surface area contributed by atoms with Crippen molar-refractivity contribution in [2.24, 2.45) is 0 Å². The molecule has 37 heavy (non-hydrogen) atoms. The van der Waals surface area contributed by atoms with Gasteiger partial charge in [0.1, 0.15) is 16.5 Å². The molecule has 0 atom stereocenters. The monoisotopic (exact) mass is 514 g/mol. The predicted octanol–water partition coefficient (Wildman–Crippen LogP) is 6.90. The van der Waals surface area contributed by atoms with Gasteiger partial charge in [-0.25, -0.2) is 14.5 Å². The van der Waals surface area contributed by atoms with Crippen LogP contribution in [0.15, 0.2) is 53.7 Å². The van der Waals surface area contributed by atoms with E-state index in [0.717, 1.165) is 44.5 Å². The number of methoxy groups -OCH3 is 1. The number of thioether (sulfide) groups is 1. The van der Waals surface area contributed by atoms with Gasteiger partial charge in [0, 0.05) is 29.5 Å². The van der Waals surface area contributed by atoms with E-state index in [1.165, 1.54) is 51.4 Å². The second kappa shape index (κ2) is 10.6. The summed E-state index contributed by atoms with van der Waals surface area (Å²) in [5.74, 6) is 1.52. The number of benzene rings is 1. The molecule has 8 heteroatoms. The zero-order valence-electron chi connectivity index (χ0n) is 21.5. The van der Waals surface area contributed by atoms with Crippen molar-refractivity contribution in [2.75, 3.05) is 24.0 Å². The predicted molar refractivity (Wildman–Crippen MR) is 152 cm³/mol. The Hall–Kier alpha value is -3.26. The molecule has 0 saturated heterocycles. The van der Waals surface area contributed by atoms with E-state index >= 15 is 0 Å². The minimum Gasteiger partial charge on any atom is -0.497 e. The first kappa shape index (κ1) is 24.1. The third-order valence-corrected chi connectivity index (χ3v) is 8.31. The van der Waals surface area contributed by atoms with Gasteiger partial charge in [0.25, 0.3) is 0 Å². The second-order valence-electron chi connectivity index (χ2n) is 10.1. The van der Waals surface area contributed by atoms with E-state index in [-0.39, 0.29) is 0 Å². The van der Waals surface area contributed by atoms with E-state index in [1.807, 2.05) is 24.4 Å². The topological polar surface area (TPSA) is 76.4 Å². The maximum absolute atomic E-state index is 5.41. The maximum atomic E-state index is 5.41. The number of nitrogens with zero attached hydrogens (tertiary/aromatic N) is 4. The molecule has 3 heterocycles. The lowest BCUT2D eigenvalue weighted by Gasteiger charge is -2.15. The molecule has 0 spiro atoms. The molecule has 0 unspecified atom stereocenters. The summed E-state index contributed by atoms with van der Waals surface area (Å²) >= 11 is 1.71. The first-order chi connectivity index (χ1) is 18.2. The number of pyridine rings is 1. The molecule has 1 aromatic carbocycles. The summed E-state index contributed by atoms with van der Waals surface area (Å²) in [6.07, 6.45) is 13.9. The van der Waals surface area contributed by atoms with E-state index in [4.69, 9.17) is 14.8 Å². The molecule has 0 radical (unpaired) electrons. The highest BCUT2D eigenvalue weighted by atomic mass is 32.2. The van der Waals surface area contributed by atoms with Crippen LogP contribution in [0.25, 0.3) is 28.0 Å². The van der Waals surface area contributed by atoms with Gasteiger partial charge in [-0.3, -0.25) is 0 Å². The van der Waals surface area contributed by atoms with Gasteiger partial charge in [0.05, 0.1) is 23.9 Å². The number of anilines is 2. The summed E-state index contributed by atoms with van der Waals surface area (Å²) in [6, 6.07) is 15.5. The van der Waals surface area contributed by atoms with Crippen molar-refractivity contribution < 1.29 is 4.74 Å². The van der Waals surface area contributed by atoms with Gasteiger partial charge >= 0.3 is 0 Å². The van der Waals surface area contributed by atoms with Crippen LogP contribution < -0.4 is 15.4 Å². The SMILES string of the molecule is COc1ccc(-c2nn3c(SC)cc(NC4CCCC4)cc3c2-c2ccnc(NC3CCCC3)n2)cc1. The van der Waals surface area contributed by atoms with Crippen molar-refractivity contribution in [3.8, 4) is 28.3 Å². The Morgan fingerprint density at radius 2 is 1.62 bits per heavy atom. The molecule has 6 rings (SSSR count). The van der Waals surface area contributed by atoms with E-state index in [0.29, 0.717) is 18.0 Å². The van der Waals surface area contributed by atoms with Crippen LogP contribution in [0.4, 0.5) is 11.6 Å². The van der Waals surface area contributed by atoms with Crippen LogP contribution in [0.5, 0.6) is 5.75 Å². The number of hydrogen-bond acceptors (Lipinski definition) is 7. The fourth-order valence-electron chi connectivity index (χ4n) is 5.67. The number of aromatic nitrogens is 4. The summed E-state index contributed by atoms with van der Waals surface area (Å²) in [5.41, 5.74) is 6.02. The van der Waals surface area contributed by atoms with Gasteiger partial charge in [-0.05, 0) is 74.4 Å². The molecule has 0 aliphatic heterocycles. The highest BCUT2D eigenvalue weighted by molar-refractivity contribution is 7.98. The van der Waals surface area contributed by atoms with Crippen LogP contribution in [0.1, 0.15) is 51.4 Å². The molecular weight excluding hydrogens is 480 g/mol. The zero-order valence-corrected chi connectivity index (χ0v) is 22.4. The van der Waals surface area contributed by atoms with E-state index < -0.39 is 0 Å². The Morgan fingerprint density at radius 3 is 2.30 bits per heavy atom. The third-order valence-electron chi connectivity index (χ3n) is 7.60.